The summed E-state index contributed by atoms with van der Waals surface area (Å²) in [5.74, 6) is -0.157. The van der Waals surface area contributed by atoms with Crippen LogP contribution < -0.4 is 14.9 Å². The number of nitrogens with one attached hydrogen (secondary N) is 1. The van der Waals surface area contributed by atoms with Gasteiger partial charge in [-0.15, -0.1) is 0 Å². The first kappa shape index (κ1) is 22.5. The number of non-ortho nitro benzene ring substituents is 1. The number of nitro groups is 1. The summed E-state index contributed by atoms with van der Waals surface area (Å²) < 4.78 is 10.6. The number of carbonyl (C=O) groups is 2. The molecule has 0 saturated heterocycles. The second-order valence-electron chi connectivity index (χ2n) is 6.85. The molecule has 0 heterocycles. The van der Waals surface area contributed by atoms with Crippen molar-refractivity contribution in [3.63, 3.8) is 0 Å². The van der Waals surface area contributed by atoms with Crippen LogP contribution in [0.3, 0.4) is 0 Å². The van der Waals surface area contributed by atoms with Crippen LogP contribution in [-0.4, -0.2) is 29.6 Å². The molecule has 0 aliphatic rings. The van der Waals surface area contributed by atoms with Crippen molar-refractivity contribution < 1.29 is 24.0 Å². The van der Waals surface area contributed by atoms with Crippen LogP contribution >= 0.6 is 0 Å². The Hall–Kier alpha value is -3.75. The molecule has 1 N–H and O–H groups in total. The minimum Gasteiger partial charge on any atom is -0.483 e. The Kier molecular flexibility index (Phi) is 7.62. The first-order chi connectivity index (χ1) is 14.2. The Labute approximate surface area is 173 Å². The van der Waals surface area contributed by atoms with Crippen LogP contribution in [-0.2, 0) is 9.59 Å². The summed E-state index contributed by atoms with van der Waals surface area (Å²) in [4.78, 5) is 33.6. The highest BCUT2D eigenvalue weighted by Gasteiger charge is 2.13. The van der Waals surface area contributed by atoms with Crippen molar-refractivity contribution in [2.45, 2.75) is 33.6 Å². The topological polar surface area (TPSA) is 120 Å². The fraction of sp³-hybridized carbons (Fsp3) is 0.286. The van der Waals surface area contributed by atoms with Gasteiger partial charge in [-0.1, -0.05) is 26.0 Å². The lowest BCUT2D eigenvalue weighted by atomic mass is 10.0. The maximum absolute atomic E-state index is 12.1. The van der Waals surface area contributed by atoms with E-state index in [9.17, 15) is 19.7 Å². The van der Waals surface area contributed by atoms with Crippen LogP contribution in [0, 0.1) is 17.0 Å². The Morgan fingerprint density at radius 1 is 1.20 bits per heavy atom. The van der Waals surface area contributed by atoms with Crippen LogP contribution in [0.5, 0.6) is 11.5 Å². The van der Waals surface area contributed by atoms with E-state index in [4.69, 9.17) is 9.47 Å². The number of nitro benzene ring substituents is 1. The lowest BCUT2D eigenvalue weighted by Gasteiger charge is -2.14. The van der Waals surface area contributed by atoms with E-state index >= 15 is 0 Å². The molecule has 0 aromatic heterocycles. The maximum atomic E-state index is 12.1. The largest absolute Gasteiger partial charge is 0.483 e. The minimum atomic E-state index is -0.588. The summed E-state index contributed by atoms with van der Waals surface area (Å²) in [6.07, 6.45) is 1.16. The van der Waals surface area contributed by atoms with Crippen LogP contribution in [0.4, 0.5) is 5.69 Å². The molecular weight excluding hydrogens is 390 g/mol. The molecular formula is C21H23N3O6. The van der Waals surface area contributed by atoms with Gasteiger partial charge in [-0.2, -0.15) is 5.10 Å². The number of amides is 1. The van der Waals surface area contributed by atoms with Crippen molar-refractivity contribution in [1.29, 1.82) is 0 Å². The standard InChI is InChI=1S/C21H23N3O6/c1-13(2)18-7-5-14(3)9-20(18)29-12-21(26)23-22-11-16-10-17(24(27)28)6-8-19(16)30-15(4)25/h5-11,13H,12H2,1-4H3,(H,23,26)/b22-11-. The highest BCUT2D eigenvalue weighted by molar-refractivity contribution is 5.87. The number of aryl methyl sites for hydroxylation is 1. The number of hydrogen-bond acceptors (Lipinski definition) is 7. The molecule has 2 aromatic rings. The molecule has 30 heavy (non-hydrogen) atoms. The quantitative estimate of drug-likeness (QED) is 0.233. The van der Waals surface area contributed by atoms with E-state index in [1.165, 1.54) is 25.1 Å². The predicted octanol–water partition coefficient (Wildman–Crippen LogP) is 3.48. The summed E-state index contributed by atoms with van der Waals surface area (Å²) in [7, 11) is 0. The van der Waals surface area contributed by atoms with E-state index in [0.29, 0.717) is 5.75 Å². The lowest BCUT2D eigenvalue weighted by Crippen LogP contribution is -2.25. The molecule has 9 nitrogen and oxygen atoms in total. The van der Waals surface area contributed by atoms with E-state index in [0.717, 1.165) is 17.3 Å². The van der Waals surface area contributed by atoms with Gasteiger partial charge in [0.15, 0.2) is 6.61 Å². The lowest BCUT2D eigenvalue weighted by molar-refractivity contribution is -0.384. The molecule has 0 aliphatic heterocycles. The molecule has 0 radical (unpaired) electrons. The second kappa shape index (κ2) is 10.1. The van der Waals surface area contributed by atoms with Crippen LogP contribution in [0.1, 0.15) is 43.4 Å². The van der Waals surface area contributed by atoms with Crippen LogP contribution in [0.2, 0.25) is 0 Å². The Morgan fingerprint density at radius 3 is 2.57 bits per heavy atom. The molecule has 0 bridgehead atoms. The molecule has 2 aromatic carbocycles. The fourth-order valence-electron chi connectivity index (χ4n) is 2.59. The van der Waals surface area contributed by atoms with Gasteiger partial charge in [-0.25, -0.2) is 5.43 Å². The molecule has 0 spiro atoms. The smallest absolute Gasteiger partial charge is 0.308 e. The third-order valence-corrected chi connectivity index (χ3v) is 4.00. The SMILES string of the molecule is CC(=O)Oc1ccc([N+](=O)[O-])cc1/C=N\NC(=O)COc1cc(C)ccc1C(C)C. The zero-order chi connectivity index (χ0) is 22.3. The van der Waals surface area contributed by atoms with Gasteiger partial charge in [0, 0.05) is 24.6 Å². The zero-order valence-electron chi connectivity index (χ0n) is 17.2. The molecule has 2 rings (SSSR count). The number of carbonyl (C=O) groups excluding carboxylic acids is 2. The average Bonchev–Trinajstić information content (AvgIpc) is 2.66. The molecule has 9 heteroatoms. The van der Waals surface area contributed by atoms with Crippen molar-refractivity contribution in [3.05, 3.63) is 63.2 Å². The number of hydrazone groups is 1. The van der Waals surface area contributed by atoms with Crippen molar-refractivity contribution in [2.24, 2.45) is 5.10 Å². The Morgan fingerprint density at radius 2 is 1.93 bits per heavy atom. The summed E-state index contributed by atoms with van der Waals surface area (Å²) in [5.41, 5.74) is 4.25. The van der Waals surface area contributed by atoms with Gasteiger partial charge in [0.2, 0.25) is 0 Å². The van der Waals surface area contributed by atoms with E-state index in [1.54, 1.807) is 0 Å². The minimum absolute atomic E-state index is 0.0867. The number of esters is 1. The first-order valence-corrected chi connectivity index (χ1v) is 9.19. The molecule has 158 valence electrons. The van der Waals surface area contributed by atoms with Gasteiger partial charge < -0.3 is 9.47 Å². The van der Waals surface area contributed by atoms with Crippen LogP contribution in [0.15, 0.2) is 41.5 Å². The van der Waals surface area contributed by atoms with E-state index in [1.807, 2.05) is 39.0 Å². The van der Waals surface area contributed by atoms with E-state index in [2.05, 4.69) is 10.5 Å². The first-order valence-electron chi connectivity index (χ1n) is 9.19. The zero-order valence-corrected chi connectivity index (χ0v) is 17.2. The fourth-order valence-corrected chi connectivity index (χ4v) is 2.59. The number of benzene rings is 2. The average molecular weight is 413 g/mol. The normalized spacial score (nSPS) is 10.8. The van der Waals surface area contributed by atoms with Gasteiger partial charge in [0.05, 0.1) is 11.1 Å². The number of ether oxygens (including phenoxy) is 2. The number of nitrogens with zero attached hydrogens (tertiary/aromatic N) is 2. The molecule has 1 amide bonds. The monoisotopic (exact) mass is 413 g/mol. The van der Waals surface area contributed by atoms with Crippen molar-refractivity contribution >= 4 is 23.8 Å². The van der Waals surface area contributed by atoms with Gasteiger partial charge in [0.1, 0.15) is 11.5 Å². The van der Waals surface area contributed by atoms with Crippen molar-refractivity contribution in [3.8, 4) is 11.5 Å². The highest BCUT2D eigenvalue weighted by atomic mass is 16.6. The van der Waals surface area contributed by atoms with Crippen molar-refractivity contribution in [2.75, 3.05) is 6.61 Å². The third-order valence-electron chi connectivity index (χ3n) is 4.00. The molecule has 0 atom stereocenters. The van der Waals surface area contributed by atoms with Gasteiger partial charge >= 0.3 is 5.97 Å². The second-order valence-corrected chi connectivity index (χ2v) is 6.85. The highest BCUT2D eigenvalue weighted by Crippen LogP contribution is 2.27. The van der Waals surface area contributed by atoms with E-state index < -0.39 is 16.8 Å². The summed E-state index contributed by atoms with van der Waals surface area (Å²) >= 11 is 0. The number of rotatable bonds is 8. The van der Waals surface area contributed by atoms with Crippen LogP contribution in [0.25, 0.3) is 0 Å². The van der Waals surface area contributed by atoms with Gasteiger partial charge in [-0.05, 0) is 36.1 Å². The van der Waals surface area contributed by atoms with E-state index in [-0.39, 0.29) is 29.5 Å². The van der Waals surface area contributed by atoms with Gasteiger partial charge in [-0.3, -0.25) is 19.7 Å². The molecule has 0 saturated carbocycles. The Balaban J connectivity index is 2.06. The van der Waals surface area contributed by atoms with Crippen molar-refractivity contribution in [1.82, 2.24) is 5.43 Å². The molecule has 0 fully saturated rings. The third kappa shape index (κ3) is 6.40. The summed E-state index contributed by atoms with van der Waals surface area (Å²) in [6.45, 7) is 6.94. The summed E-state index contributed by atoms with van der Waals surface area (Å²) in [5, 5.41) is 14.7. The van der Waals surface area contributed by atoms with Gasteiger partial charge in [0.25, 0.3) is 11.6 Å². The predicted molar refractivity (Wildman–Crippen MR) is 111 cm³/mol. The molecule has 0 aliphatic carbocycles. The Bertz CT molecular complexity index is 985. The maximum Gasteiger partial charge on any atom is 0.308 e. The summed E-state index contributed by atoms with van der Waals surface area (Å²) in [6, 6.07) is 9.48. The number of hydrogen-bond donors (Lipinski definition) is 1. The molecule has 0 unspecified atom stereocenters.